The van der Waals surface area contributed by atoms with E-state index in [1.807, 2.05) is 0 Å². The van der Waals surface area contributed by atoms with Crippen LogP contribution in [0.5, 0.6) is 0 Å². The van der Waals surface area contributed by atoms with Gasteiger partial charge in [-0.1, -0.05) is 6.42 Å². The standard InChI is InChI=1S/C13H27NO3/c1-15-8-4-3-5-13(6-9-17-12-13)11-14-7-10-16-2/h14H,3-12H2,1-2H3. The van der Waals surface area contributed by atoms with Gasteiger partial charge in [0.25, 0.3) is 0 Å². The third-order valence-electron chi connectivity index (χ3n) is 3.47. The molecule has 0 aromatic heterocycles. The summed E-state index contributed by atoms with van der Waals surface area (Å²) in [4.78, 5) is 0. The molecule has 1 aliphatic rings. The average molecular weight is 245 g/mol. The summed E-state index contributed by atoms with van der Waals surface area (Å²) in [6.07, 6.45) is 4.79. The lowest BCUT2D eigenvalue weighted by Crippen LogP contribution is -2.36. The molecule has 102 valence electrons. The van der Waals surface area contributed by atoms with Gasteiger partial charge in [0, 0.05) is 45.9 Å². The third-order valence-corrected chi connectivity index (χ3v) is 3.47. The molecule has 0 spiro atoms. The molecule has 0 bridgehead atoms. The lowest BCUT2D eigenvalue weighted by atomic mass is 9.82. The Balaban J connectivity index is 2.19. The van der Waals surface area contributed by atoms with Crippen molar-refractivity contribution >= 4 is 0 Å². The largest absolute Gasteiger partial charge is 0.385 e. The fraction of sp³-hybridized carbons (Fsp3) is 1.00. The Morgan fingerprint density at radius 3 is 2.65 bits per heavy atom. The first-order valence-corrected chi connectivity index (χ1v) is 6.59. The summed E-state index contributed by atoms with van der Waals surface area (Å²) in [5, 5.41) is 3.47. The van der Waals surface area contributed by atoms with E-state index in [1.54, 1.807) is 14.2 Å². The van der Waals surface area contributed by atoms with E-state index in [2.05, 4.69) is 5.32 Å². The molecule has 17 heavy (non-hydrogen) atoms. The van der Waals surface area contributed by atoms with Crippen LogP contribution < -0.4 is 5.32 Å². The molecule has 1 atom stereocenters. The quantitative estimate of drug-likeness (QED) is 0.591. The number of unbranched alkanes of at least 4 members (excludes halogenated alkanes) is 1. The Hall–Kier alpha value is -0.160. The highest BCUT2D eigenvalue weighted by molar-refractivity contribution is 4.85. The van der Waals surface area contributed by atoms with Gasteiger partial charge in [-0.05, 0) is 19.3 Å². The van der Waals surface area contributed by atoms with Crippen molar-refractivity contribution < 1.29 is 14.2 Å². The molecule has 1 rings (SSSR count). The van der Waals surface area contributed by atoms with E-state index >= 15 is 0 Å². The maximum Gasteiger partial charge on any atom is 0.0587 e. The maximum atomic E-state index is 5.57. The molecule has 4 heteroatoms. The van der Waals surface area contributed by atoms with Gasteiger partial charge in [0.2, 0.25) is 0 Å². The molecule has 0 aliphatic carbocycles. The summed E-state index contributed by atoms with van der Waals surface area (Å²) in [5.74, 6) is 0. The molecule has 1 unspecified atom stereocenters. The lowest BCUT2D eigenvalue weighted by Gasteiger charge is -2.27. The van der Waals surface area contributed by atoms with Crippen molar-refractivity contribution in [3.8, 4) is 0 Å². The van der Waals surface area contributed by atoms with E-state index in [9.17, 15) is 0 Å². The first-order chi connectivity index (χ1) is 8.33. The van der Waals surface area contributed by atoms with Crippen LogP contribution in [0.25, 0.3) is 0 Å². The topological polar surface area (TPSA) is 39.7 Å². The SMILES string of the molecule is COCCCCC1(CNCCOC)CCOC1. The van der Waals surface area contributed by atoms with E-state index in [1.165, 1.54) is 19.3 Å². The van der Waals surface area contributed by atoms with Crippen molar-refractivity contribution in [2.24, 2.45) is 5.41 Å². The number of rotatable bonds is 10. The van der Waals surface area contributed by atoms with Crippen LogP contribution in [0.1, 0.15) is 25.7 Å². The second-order valence-corrected chi connectivity index (χ2v) is 4.92. The zero-order valence-corrected chi connectivity index (χ0v) is 11.3. The average Bonchev–Trinajstić information content (AvgIpc) is 2.80. The predicted molar refractivity (Wildman–Crippen MR) is 68.3 cm³/mol. The molecular formula is C13H27NO3. The smallest absolute Gasteiger partial charge is 0.0587 e. The zero-order chi connectivity index (χ0) is 12.4. The molecule has 0 radical (unpaired) electrons. The first kappa shape index (κ1) is 14.9. The van der Waals surface area contributed by atoms with E-state index < -0.39 is 0 Å². The highest BCUT2D eigenvalue weighted by atomic mass is 16.5. The summed E-state index contributed by atoms with van der Waals surface area (Å²) in [5.41, 5.74) is 0.349. The number of methoxy groups -OCH3 is 2. The number of hydrogen-bond donors (Lipinski definition) is 1. The van der Waals surface area contributed by atoms with Gasteiger partial charge in [-0.25, -0.2) is 0 Å². The van der Waals surface area contributed by atoms with Crippen molar-refractivity contribution in [3.63, 3.8) is 0 Å². The minimum Gasteiger partial charge on any atom is -0.385 e. The van der Waals surface area contributed by atoms with Crippen molar-refractivity contribution in [2.45, 2.75) is 25.7 Å². The molecule has 0 saturated carbocycles. The Labute approximate surface area is 105 Å². The van der Waals surface area contributed by atoms with Crippen LogP contribution in [0, 0.1) is 5.41 Å². The lowest BCUT2D eigenvalue weighted by molar-refractivity contribution is 0.133. The van der Waals surface area contributed by atoms with Gasteiger partial charge in [0.1, 0.15) is 0 Å². The number of hydrogen-bond acceptors (Lipinski definition) is 4. The minimum absolute atomic E-state index is 0.349. The normalized spacial score (nSPS) is 24.4. The van der Waals surface area contributed by atoms with E-state index in [-0.39, 0.29) is 0 Å². The zero-order valence-electron chi connectivity index (χ0n) is 11.3. The molecule has 0 amide bonds. The highest BCUT2D eigenvalue weighted by Crippen LogP contribution is 2.33. The molecule has 1 aliphatic heterocycles. The van der Waals surface area contributed by atoms with Crippen molar-refractivity contribution in [1.29, 1.82) is 0 Å². The van der Waals surface area contributed by atoms with Crippen molar-refractivity contribution in [1.82, 2.24) is 5.32 Å². The molecule has 0 aromatic rings. The Morgan fingerprint density at radius 1 is 1.18 bits per heavy atom. The molecule has 1 N–H and O–H groups in total. The fourth-order valence-corrected chi connectivity index (χ4v) is 2.35. The Bertz CT molecular complexity index is 168. The molecule has 1 heterocycles. The summed E-state index contributed by atoms with van der Waals surface area (Å²) >= 11 is 0. The first-order valence-electron chi connectivity index (χ1n) is 6.59. The van der Waals surface area contributed by atoms with Gasteiger partial charge in [0.15, 0.2) is 0 Å². The second-order valence-electron chi connectivity index (χ2n) is 4.92. The van der Waals surface area contributed by atoms with Crippen molar-refractivity contribution in [2.75, 3.05) is 53.7 Å². The fourth-order valence-electron chi connectivity index (χ4n) is 2.35. The molecule has 4 nitrogen and oxygen atoms in total. The summed E-state index contributed by atoms with van der Waals surface area (Å²) < 4.78 is 15.7. The third kappa shape index (κ3) is 5.82. The van der Waals surface area contributed by atoms with Gasteiger partial charge >= 0.3 is 0 Å². The van der Waals surface area contributed by atoms with E-state index in [0.717, 1.165) is 45.9 Å². The van der Waals surface area contributed by atoms with Crippen LogP contribution in [0.4, 0.5) is 0 Å². The van der Waals surface area contributed by atoms with Crippen LogP contribution in [0.3, 0.4) is 0 Å². The summed E-state index contributed by atoms with van der Waals surface area (Å²) in [6.45, 7) is 5.44. The second kappa shape index (κ2) is 8.86. The van der Waals surface area contributed by atoms with Crippen LogP contribution in [0.2, 0.25) is 0 Å². The van der Waals surface area contributed by atoms with Crippen LogP contribution >= 0.6 is 0 Å². The van der Waals surface area contributed by atoms with E-state index in [4.69, 9.17) is 14.2 Å². The van der Waals surface area contributed by atoms with Gasteiger partial charge in [-0.2, -0.15) is 0 Å². The number of ether oxygens (including phenoxy) is 3. The summed E-state index contributed by atoms with van der Waals surface area (Å²) in [6, 6.07) is 0. The van der Waals surface area contributed by atoms with E-state index in [0.29, 0.717) is 5.41 Å². The van der Waals surface area contributed by atoms with Crippen LogP contribution in [-0.4, -0.2) is 53.7 Å². The Morgan fingerprint density at radius 2 is 2.00 bits per heavy atom. The molecular weight excluding hydrogens is 218 g/mol. The summed E-state index contributed by atoms with van der Waals surface area (Å²) in [7, 11) is 3.50. The van der Waals surface area contributed by atoms with Gasteiger partial charge in [-0.3, -0.25) is 0 Å². The van der Waals surface area contributed by atoms with Crippen molar-refractivity contribution in [3.05, 3.63) is 0 Å². The molecule has 1 saturated heterocycles. The molecule has 0 aromatic carbocycles. The monoisotopic (exact) mass is 245 g/mol. The van der Waals surface area contributed by atoms with Gasteiger partial charge < -0.3 is 19.5 Å². The maximum absolute atomic E-state index is 5.57. The highest BCUT2D eigenvalue weighted by Gasteiger charge is 2.33. The molecule has 1 fully saturated rings. The number of nitrogens with one attached hydrogen (secondary N) is 1. The van der Waals surface area contributed by atoms with Crippen LogP contribution in [-0.2, 0) is 14.2 Å². The Kier molecular flexibility index (Phi) is 7.77. The minimum atomic E-state index is 0.349. The van der Waals surface area contributed by atoms with Gasteiger partial charge in [0.05, 0.1) is 13.2 Å². The van der Waals surface area contributed by atoms with Crippen LogP contribution in [0.15, 0.2) is 0 Å². The van der Waals surface area contributed by atoms with Gasteiger partial charge in [-0.15, -0.1) is 0 Å². The predicted octanol–water partition coefficient (Wildman–Crippen LogP) is 1.45.